The number of anilines is 2. The summed E-state index contributed by atoms with van der Waals surface area (Å²) in [4.78, 5) is 4.02. The standard InChI is InChI=1S/C17H18ClFN2S3/c1-21(12-4-3-5-13(10-12)23-2)17(22)20-16-11-14(24-9-8-19)6-7-15(16)18/h3-7,10-11H,8-9H2,1-2H3,(H,20,22). The van der Waals surface area contributed by atoms with Crippen molar-refractivity contribution in [1.29, 1.82) is 0 Å². The van der Waals surface area contributed by atoms with Gasteiger partial charge in [-0.25, -0.2) is 0 Å². The van der Waals surface area contributed by atoms with E-state index in [1.165, 1.54) is 16.7 Å². The largest absolute Gasteiger partial charge is 0.331 e. The molecule has 0 aromatic heterocycles. The van der Waals surface area contributed by atoms with Crippen LogP contribution in [0.15, 0.2) is 52.3 Å². The number of alkyl halides is 1. The maximum absolute atomic E-state index is 12.3. The Morgan fingerprint density at radius 2 is 2.04 bits per heavy atom. The van der Waals surface area contributed by atoms with Crippen LogP contribution in [0.5, 0.6) is 0 Å². The second-order valence-corrected chi connectivity index (χ2v) is 7.71. The molecule has 2 nitrogen and oxygen atoms in total. The molecule has 24 heavy (non-hydrogen) atoms. The van der Waals surface area contributed by atoms with Crippen LogP contribution in [0, 0.1) is 0 Å². The van der Waals surface area contributed by atoms with Crippen LogP contribution in [0.2, 0.25) is 5.02 Å². The van der Waals surface area contributed by atoms with Crippen molar-refractivity contribution in [2.75, 3.05) is 35.9 Å². The number of benzene rings is 2. The molecule has 2 rings (SSSR count). The van der Waals surface area contributed by atoms with E-state index in [-0.39, 0.29) is 6.67 Å². The van der Waals surface area contributed by atoms with Gasteiger partial charge in [-0.15, -0.1) is 23.5 Å². The Hall–Kier alpha value is -0.950. The minimum absolute atomic E-state index is 0.358. The Labute approximate surface area is 161 Å². The summed E-state index contributed by atoms with van der Waals surface area (Å²) < 4.78 is 12.3. The predicted molar refractivity (Wildman–Crippen MR) is 111 cm³/mol. The van der Waals surface area contributed by atoms with Crippen molar-refractivity contribution < 1.29 is 4.39 Å². The van der Waals surface area contributed by atoms with Crippen molar-refractivity contribution in [1.82, 2.24) is 0 Å². The number of nitrogens with one attached hydrogen (secondary N) is 1. The van der Waals surface area contributed by atoms with Crippen LogP contribution in [0.3, 0.4) is 0 Å². The number of thioether (sulfide) groups is 2. The van der Waals surface area contributed by atoms with E-state index in [0.29, 0.717) is 15.9 Å². The van der Waals surface area contributed by atoms with Gasteiger partial charge in [0.1, 0.15) is 0 Å². The highest BCUT2D eigenvalue weighted by Gasteiger charge is 2.10. The SMILES string of the molecule is CSc1cccc(N(C)C(=S)Nc2cc(SCCF)ccc2Cl)c1. The first kappa shape index (κ1) is 19.4. The second kappa shape index (κ2) is 9.51. The lowest BCUT2D eigenvalue weighted by Gasteiger charge is -2.22. The summed E-state index contributed by atoms with van der Waals surface area (Å²) in [5, 5.41) is 4.30. The third-order valence-electron chi connectivity index (χ3n) is 3.27. The molecule has 0 aliphatic heterocycles. The van der Waals surface area contributed by atoms with Crippen LogP contribution < -0.4 is 10.2 Å². The van der Waals surface area contributed by atoms with Gasteiger partial charge in [0.05, 0.1) is 17.4 Å². The summed E-state index contributed by atoms with van der Waals surface area (Å²) in [7, 11) is 1.91. The average Bonchev–Trinajstić information content (AvgIpc) is 2.61. The molecule has 0 aliphatic rings. The molecule has 0 heterocycles. The van der Waals surface area contributed by atoms with Gasteiger partial charge >= 0.3 is 0 Å². The third-order valence-corrected chi connectivity index (χ3v) is 5.65. The molecule has 0 spiro atoms. The fraction of sp³-hybridized carbons (Fsp3) is 0.235. The molecule has 0 unspecified atom stereocenters. The molecular weight excluding hydrogens is 383 g/mol. The molecule has 2 aromatic rings. The van der Waals surface area contributed by atoms with E-state index in [4.69, 9.17) is 23.8 Å². The van der Waals surface area contributed by atoms with Crippen LogP contribution in [0.4, 0.5) is 15.8 Å². The van der Waals surface area contributed by atoms with Crippen molar-refractivity contribution >= 4 is 63.8 Å². The predicted octanol–water partition coefficient (Wildman–Crippen LogP) is 5.96. The van der Waals surface area contributed by atoms with Gasteiger partial charge in [0.2, 0.25) is 0 Å². The molecule has 0 aliphatic carbocycles. The summed E-state index contributed by atoms with van der Waals surface area (Å²) in [6, 6.07) is 13.7. The maximum atomic E-state index is 12.3. The molecule has 0 saturated heterocycles. The number of hydrogen-bond acceptors (Lipinski definition) is 3. The van der Waals surface area contributed by atoms with Gasteiger partial charge in [0.25, 0.3) is 0 Å². The van der Waals surface area contributed by atoms with Crippen molar-refractivity contribution in [3.63, 3.8) is 0 Å². The summed E-state index contributed by atoms with van der Waals surface area (Å²) in [6.45, 7) is -0.358. The second-order valence-electron chi connectivity index (χ2n) is 4.87. The van der Waals surface area contributed by atoms with Crippen LogP contribution >= 0.6 is 47.3 Å². The van der Waals surface area contributed by atoms with Crippen LogP contribution in [-0.2, 0) is 0 Å². The zero-order chi connectivity index (χ0) is 17.5. The normalized spacial score (nSPS) is 10.5. The van der Waals surface area contributed by atoms with E-state index in [0.717, 1.165) is 16.3 Å². The summed E-state index contributed by atoms with van der Waals surface area (Å²) in [5.41, 5.74) is 1.72. The molecule has 0 amide bonds. The number of nitrogens with zero attached hydrogens (tertiary/aromatic N) is 1. The van der Waals surface area contributed by atoms with Crippen molar-refractivity contribution in [2.24, 2.45) is 0 Å². The Morgan fingerprint density at radius 3 is 2.75 bits per heavy atom. The van der Waals surface area contributed by atoms with Crippen LogP contribution in [0.25, 0.3) is 0 Å². The van der Waals surface area contributed by atoms with Crippen LogP contribution in [-0.4, -0.2) is 30.8 Å². The van der Waals surface area contributed by atoms with E-state index < -0.39 is 0 Å². The Balaban J connectivity index is 2.13. The first-order valence-corrected chi connectivity index (χ1v) is 10.2. The average molecular weight is 401 g/mol. The van der Waals surface area contributed by atoms with Gasteiger partial charge in [-0.3, -0.25) is 4.39 Å². The lowest BCUT2D eigenvalue weighted by molar-refractivity contribution is 0.533. The van der Waals surface area contributed by atoms with Gasteiger partial charge in [-0.2, -0.15) is 0 Å². The van der Waals surface area contributed by atoms with E-state index >= 15 is 0 Å². The maximum Gasteiger partial charge on any atom is 0.177 e. The molecule has 0 bridgehead atoms. The van der Waals surface area contributed by atoms with Crippen LogP contribution in [0.1, 0.15) is 0 Å². The zero-order valence-corrected chi connectivity index (χ0v) is 16.6. The minimum Gasteiger partial charge on any atom is -0.331 e. The number of hydrogen-bond donors (Lipinski definition) is 1. The van der Waals surface area contributed by atoms with Gasteiger partial charge in [0, 0.05) is 28.3 Å². The molecule has 128 valence electrons. The zero-order valence-electron chi connectivity index (χ0n) is 13.4. The highest BCUT2D eigenvalue weighted by molar-refractivity contribution is 7.99. The molecule has 7 heteroatoms. The molecule has 0 saturated carbocycles. The smallest absolute Gasteiger partial charge is 0.177 e. The highest BCUT2D eigenvalue weighted by Crippen LogP contribution is 2.29. The van der Waals surface area contributed by atoms with Gasteiger partial charge in [-0.1, -0.05) is 17.7 Å². The Bertz CT molecular complexity index is 712. The Kier molecular flexibility index (Phi) is 7.68. The van der Waals surface area contributed by atoms with Crippen molar-refractivity contribution in [3.05, 3.63) is 47.5 Å². The molecule has 2 aromatic carbocycles. The number of rotatable bonds is 6. The molecular formula is C17H18ClFN2S3. The fourth-order valence-corrected chi connectivity index (χ4v) is 3.49. The highest BCUT2D eigenvalue weighted by atomic mass is 35.5. The molecule has 1 N–H and O–H groups in total. The lowest BCUT2D eigenvalue weighted by Crippen LogP contribution is -2.31. The summed E-state index contributed by atoms with van der Waals surface area (Å²) in [6.07, 6.45) is 2.04. The third kappa shape index (κ3) is 5.28. The van der Waals surface area contributed by atoms with E-state index in [1.807, 2.05) is 42.5 Å². The van der Waals surface area contributed by atoms with E-state index in [9.17, 15) is 4.39 Å². The lowest BCUT2D eigenvalue weighted by atomic mass is 10.3. The first-order chi connectivity index (χ1) is 11.5. The molecule has 0 fully saturated rings. The number of halogens is 2. The topological polar surface area (TPSA) is 15.3 Å². The fourth-order valence-electron chi connectivity index (χ4n) is 1.98. The van der Waals surface area contributed by atoms with Gasteiger partial charge in [-0.05, 0) is 54.9 Å². The van der Waals surface area contributed by atoms with Crippen molar-refractivity contribution in [3.8, 4) is 0 Å². The number of thiocarbonyl (C=S) groups is 1. The summed E-state index contributed by atoms with van der Waals surface area (Å²) in [5.74, 6) is 0.424. The van der Waals surface area contributed by atoms with Gasteiger partial charge in [0.15, 0.2) is 5.11 Å². The quantitative estimate of drug-likeness (QED) is 0.474. The van der Waals surface area contributed by atoms with Gasteiger partial charge < -0.3 is 10.2 Å². The molecule has 0 radical (unpaired) electrons. The van der Waals surface area contributed by atoms with Crippen molar-refractivity contribution in [2.45, 2.75) is 9.79 Å². The monoisotopic (exact) mass is 400 g/mol. The summed E-state index contributed by atoms with van der Waals surface area (Å²) >= 11 is 14.9. The molecule has 0 atom stereocenters. The first-order valence-electron chi connectivity index (χ1n) is 7.22. The Morgan fingerprint density at radius 1 is 1.25 bits per heavy atom. The van der Waals surface area contributed by atoms with E-state index in [2.05, 4.69) is 17.4 Å². The minimum atomic E-state index is -0.358. The van der Waals surface area contributed by atoms with E-state index in [1.54, 1.807) is 17.8 Å².